The van der Waals surface area contributed by atoms with Gasteiger partial charge < -0.3 is 29.6 Å². The van der Waals surface area contributed by atoms with Crippen molar-refractivity contribution in [2.24, 2.45) is 0 Å². The van der Waals surface area contributed by atoms with Crippen LogP contribution in [0.1, 0.15) is 76.4 Å². The molecule has 74 heavy (non-hydrogen) atoms. The fourth-order valence-corrected chi connectivity index (χ4v) is 9.83. The summed E-state index contributed by atoms with van der Waals surface area (Å²) in [7, 11) is 0. The molecule has 0 spiro atoms. The van der Waals surface area contributed by atoms with Gasteiger partial charge in [-0.25, -0.2) is 57.4 Å². The van der Waals surface area contributed by atoms with Crippen molar-refractivity contribution in [2.75, 3.05) is 76.1 Å². The van der Waals surface area contributed by atoms with Gasteiger partial charge in [-0.15, -0.1) is 0 Å². The molecule has 388 valence electrons. The SMILES string of the molecule is CCN1CCN(Cc2ccc(Nc3ncc(F)c(-c4cc(F)c5nc(C)n(C(C)C)c5c4)n3)nc2)CC1.CCN1CCN(Cc2ccc(Nc3ncc(F)c(-c4cc(F)c5nc(C)n(C(C)C)c5c4)n3)nc2)CC1. The van der Waals surface area contributed by atoms with Crippen LogP contribution in [0.5, 0.6) is 0 Å². The van der Waals surface area contributed by atoms with Gasteiger partial charge in [-0.2, -0.15) is 0 Å². The highest BCUT2D eigenvalue weighted by Crippen LogP contribution is 2.32. The third-order valence-corrected chi connectivity index (χ3v) is 13.7. The Hall–Kier alpha value is -7.00. The Kier molecular flexibility index (Phi) is 15.9. The Labute approximate surface area is 428 Å². The lowest BCUT2D eigenvalue weighted by Crippen LogP contribution is -2.45. The number of halogens is 4. The van der Waals surface area contributed by atoms with Crippen molar-refractivity contribution in [3.63, 3.8) is 0 Å². The maximum atomic E-state index is 14.9. The molecule has 2 N–H and O–H groups in total. The smallest absolute Gasteiger partial charge is 0.229 e. The maximum Gasteiger partial charge on any atom is 0.229 e. The Morgan fingerprint density at radius 2 is 0.851 bits per heavy atom. The second-order valence-corrected chi connectivity index (χ2v) is 19.5. The molecular weight excluding hydrogens is 949 g/mol. The largest absolute Gasteiger partial charge is 0.326 e. The molecule has 2 aromatic carbocycles. The molecule has 2 saturated heterocycles. The van der Waals surface area contributed by atoms with Crippen LogP contribution in [0.4, 0.5) is 41.1 Å². The predicted molar refractivity (Wildman–Crippen MR) is 281 cm³/mol. The molecule has 0 aliphatic carbocycles. The lowest BCUT2D eigenvalue weighted by atomic mass is 10.1. The van der Waals surface area contributed by atoms with Gasteiger partial charge in [0.2, 0.25) is 11.9 Å². The average molecular weight is 1010 g/mol. The molecule has 2 aliphatic rings. The van der Waals surface area contributed by atoms with Gasteiger partial charge in [-0.1, -0.05) is 26.0 Å². The Morgan fingerprint density at radius 3 is 1.19 bits per heavy atom. The number of aryl methyl sites for hydroxylation is 2. The van der Waals surface area contributed by atoms with Crippen molar-refractivity contribution >= 4 is 45.6 Å². The van der Waals surface area contributed by atoms with E-state index in [1.807, 2.05) is 87.3 Å². The van der Waals surface area contributed by atoms with Gasteiger partial charge in [0.05, 0.1) is 23.4 Å². The van der Waals surface area contributed by atoms with Crippen molar-refractivity contribution in [3.05, 3.63) is 119 Å². The minimum Gasteiger partial charge on any atom is -0.326 e. The number of hydrogen-bond donors (Lipinski definition) is 2. The molecule has 0 atom stereocenters. The molecule has 0 amide bonds. The number of benzene rings is 2. The van der Waals surface area contributed by atoms with E-state index in [1.54, 1.807) is 12.1 Å². The quantitative estimate of drug-likeness (QED) is 0.0995. The number of rotatable bonds is 14. The summed E-state index contributed by atoms with van der Waals surface area (Å²) in [4.78, 5) is 44.3. The molecule has 0 radical (unpaired) electrons. The Bertz CT molecular complexity index is 3000. The number of aromatic nitrogens is 10. The first kappa shape index (κ1) is 51.9. The van der Waals surface area contributed by atoms with Crippen LogP contribution in [0, 0.1) is 37.1 Å². The number of piperazine rings is 2. The summed E-state index contributed by atoms with van der Waals surface area (Å²) in [6.45, 7) is 28.5. The summed E-state index contributed by atoms with van der Waals surface area (Å²) in [5.74, 6) is 0.550. The fraction of sp³-hybridized carbons (Fsp3) is 0.407. The van der Waals surface area contributed by atoms with Gasteiger partial charge in [0.15, 0.2) is 23.3 Å². The highest BCUT2D eigenvalue weighted by molar-refractivity contribution is 5.84. The zero-order valence-corrected chi connectivity index (χ0v) is 43.3. The van der Waals surface area contributed by atoms with Gasteiger partial charge in [0, 0.05) is 101 Å². The molecular formula is C54H64F4N16. The highest BCUT2D eigenvalue weighted by Gasteiger charge is 2.22. The zero-order chi connectivity index (χ0) is 52.2. The molecule has 6 aromatic heterocycles. The van der Waals surface area contributed by atoms with Gasteiger partial charge in [-0.3, -0.25) is 9.80 Å². The first-order chi connectivity index (χ1) is 35.6. The van der Waals surface area contributed by atoms with E-state index < -0.39 is 23.3 Å². The number of nitrogens with zero attached hydrogens (tertiary/aromatic N) is 14. The van der Waals surface area contributed by atoms with Crippen LogP contribution in [-0.2, 0) is 13.1 Å². The molecule has 0 bridgehead atoms. The van der Waals surface area contributed by atoms with Gasteiger partial charge >= 0.3 is 0 Å². The number of hydrogen-bond acceptors (Lipinski definition) is 14. The van der Waals surface area contributed by atoms with Gasteiger partial charge in [0.25, 0.3) is 0 Å². The second-order valence-electron chi connectivity index (χ2n) is 19.5. The summed E-state index contributed by atoms with van der Waals surface area (Å²) < 4.78 is 63.3. The maximum absolute atomic E-state index is 14.9. The molecule has 0 saturated carbocycles. The Balaban J connectivity index is 0.000000182. The van der Waals surface area contributed by atoms with Crippen LogP contribution in [0.15, 0.2) is 73.3 Å². The summed E-state index contributed by atoms with van der Waals surface area (Å²) in [6, 6.07) is 13.9. The number of likely N-dealkylation sites (N-methyl/N-ethyl adjacent to an activating group) is 2. The van der Waals surface area contributed by atoms with E-state index >= 15 is 0 Å². The van der Waals surface area contributed by atoms with Crippen LogP contribution < -0.4 is 10.6 Å². The minimum absolute atomic E-state index is 0.00954. The number of imidazole rings is 2. The summed E-state index contributed by atoms with van der Waals surface area (Å²) in [6.07, 6.45) is 5.83. The summed E-state index contributed by atoms with van der Waals surface area (Å²) in [5, 5.41) is 6.08. The van der Waals surface area contributed by atoms with E-state index in [-0.39, 0.29) is 46.4 Å². The number of fused-ring (bicyclic) bond motifs is 2. The van der Waals surface area contributed by atoms with Crippen LogP contribution in [0.25, 0.3) is 44.6 Å². The third-order valence-electron chi connectivity index (χ3n) is 13.7. The van der Waals surface area contributed by atoms with E-state index in [2.05, 4.69) is 84.0 Å². The monoisotopic (exact) mass is 1010 g/mol. The lowest BCUT2D eigenvalue weighted by Gasteiger charge is -2.33. The van der Waals surface area contributed by atoms with Gasteiger partial charge in [0.1, 0.15) is 45.7 Å². The molecule has 20 heteroatoms. The van der Waals surface area contributed by atoms with E-state index in [1.165, 1.54) is 12.1 Å². The number of anilines is 4. The minimum atomic E-state index is -0.636. The van der Waals surface area contributed by atoms with Crippen LogP contribution >= 0.6 is 0 Å². The Morgan fingerprint density at radius 1 is 0.473 bits per heavy atom. The standard InChI is InChI=1S/2C27H32F2N8/c2*1-5-35-8-10-36(11-9-35)16-19-6-7-24(30-14-19)33-27-31-15-22(29)25(34-27)20-12-21(28)26-23(13-20)37(17(2)3)18(4)32-26/h2*6-7,12-15,17H,5,8-11,16H2,1-4H3,(H,30,31,33,34). The van der Waals surface area contributed by atoms with Crippen molar-refractivity contribution < 1.29 is 17.6 Å². The highest BCUT2D eigenvalue weighted by atomic mass is 19.1. The fourth-order valence-electron chi connectivity index (χ4n) is 9.83. The average Bonchev–Trinajstić information content (AvgIpc) is 3.93. The lowest BCUT2D eigenvalue weighted by molar-refractivity contribution is 0.132. The van der Waals surface area contributed by atoms with Crippen LogP contribution in [0.3, 0.4) is 0 Å². The summed E-state index contributed by atoms with van der Waals surface area (Å²) >= 11 is 0. The molecule has 8 aromatic rings. The van der Waals surface area contributed by atoms with Crippen molar-refractivity contribution in [3.8, 4) is 22.5 Å². The molecule has 16 nitrogen and oxygen atoms in total. The van der Waals surface area contributed by atoms with Gasteiger partial charge in [-0.05, 0) is 102 Å². The third kappa shape index (κ3) is 11.7. The number of nitrogens with one attached hydrogen (secondary N) is 2. The summed E-state index contributed by atoms with van der Waals surface area (Å²) in [5.41, 5.74) is 4.63. The molecule has 0 unspecified atom stereocenters. The molecule has 10 rings (SSSR count). The van der Waals surface area contributed by atoms with E-state index in [4.69, 9.17) is 0 Å². The first-order valence-corrected chi connectivity index (χ1v) is 25.4. The van der Waals surface area contributed by atoms with Crippen LogP contribution in [-0.4, -0.2) is 134 Å². The van der Waals surface area contributed by atoms with Crippen LogP contribution in [0.2, 0.25) is 0 Å². The van der Waals surface area contributed by atoms with E-state index in [0.717, 1.165) is 102 Å². The normalized spacial score (nSPS) is 15.1. The van der Waals surface area contributed by atoms with Crippen molar-refractivity contribution in [1.82, 2.24) is 68.6 Å². The zero-order valence-electron chi connectivity index (χ0n) is 43.3. The predicted octanol–water partition coefficient (Wildman–Crippen LogP) is 9.87. The second kappa shape index (κ2) is 22.6. The first-order valence-electron chi connectivity index (χ1n) is 25.4. The van der Waals surface area contributed by atoms with Crippen molar-refractivity contribution in [1.29, 1.82) is 0 Å². The topological polar surface area (TPSA) is 150 Å². The van der Waals surface area contributed by atoms with E-state index in [0.29, 0.717) is 45.4 Å². The van der Waals surface area contributed by atoms with Crippen molar-refractivity contribution in [2.45, 2.75) is 80.6 Å². The molecule has 8 heterocycles. The molecule has 2 fully saturated rings. The number of pyridine rings is 2. The van der Waals surface area contributed by atoms with E-state index in [9.17, 15) is 17.6 Å². The molecule has 2 aliphatic heterocycles.